The average Bonchev–Trinajstić information content (AvgIpc) is 2.30. The molecule has 84 valence electrons. The molecule has 0 amide bonds. The standard InChI is InChI=1S/C12H27N2/c1-8-12(4,5)13-9-14(6,7)11(3)10(13)2/h10-11H,8-9H2,1-7H3/q+1. The van der Waals surface area contributed by atoms with Gasteiger partial charge in [0.05, 0.1) is 20.1 Å². The van der Waals surface area contributed by atoms with E-state index in [0.29, 0.717) is 11.6 Å². The molecule has 1 fully saturated rings. The van der Waals surface area contributed by atoms with Gasteiger partial charge < -0.3 is 4.48 Å². The summed E-state index contributed by atoms with van der Waals surface area (Å²) in [7, 11) is 4.68. The van der Waals surface area contributed by atoms with Crippen LogP contribution < -0.4 is 0 Å². The van der Waals surface area contributed by atoms with Gasteiger partial charge in [0.15, 0.2) is 0 Å². The van der Waals surface area contributed by atoms with E-state index in [2.05, 4.69) is 53.6 Å². The average molecular weight is 199 g/mol. The summed E-state index contributed by atoms with van der Waals surface area (Å²) in [6, 6.07) is 1.43. The van der Waals surface area contributed by atoms with Crippen molar-refractivity contribution in [2.45, 2.75) is 58.7 Å². The Bertz CT molecular complexity index is 208. The van der Waals surface area contributed by atoms with Crippen molar-refractivity contribution in [3.8, 4) is 0 Å². The van der Waals surface area contributed by atoms with E-state index in [4.69, 9.17) is 0 Å². The van der Waals surface area contributed by atoms with Gasteiger partial charge in [0, 0.05) is 5.54 Å². The molecule has 0 saturated carbocycles. The smallest absolute Gasteiger partial charge is 0.135 e. The van der Waals surface area contributed by atoms with Crippen LogP contribution in [-0.2, 0) is 0 Å². The van der Waals surface area contributed by atoms with Crippen molar-refractivity contribution in [2.24, 2.45) is 0 Å². The number of rotatable bonds is 2. The van der Waals surface area contributed by atoms with Crippen molar-refractivity contribution in [2.75, 3.05) is 20.8 Å². The molecule has 2 unspecified atom stereocenters. The lowest BCUT2D eigenvalue weighted by atomic mass is 9.97. The first-order valence-electron chi connectivity index (χ1n) is 5.82. The van der Waals surface area contributed by atoms with Crippen LogP contribution in [0.25, 0.3) is 0 Å². The molecule has 2 heteroatoms. The molecular weight excluding hydrogens is 172 g/mol. The normalized spacial score (nSPS) is 33.6. The number of quaternary nitrogens is 1. The van der Waals surface area contributed by atoms with Crippen molar-refractivity contribution >= 4 is 0 Å². The Labute approximate surface area is 89.5 Å². The minimum absolute atomic E-state index is 0.347. The highest BCUT2D eigenvalue weighted by Gasteiger charge is 2.47. The molecule has 0 aliphatic carbocycles. The third-order valence-electron chi connectivity index (χ3n) is 4.45. The quantitative estimate of drug-likeness (QED) is 0.617. The van der Waals surface area contributed by atoms with E-state index < -0.39 is 0 Å². The van der Waals surface area contributed by atoms with Crippen molar-refractivity contribution in [3.05, 3.63) is 0 Å². The Kier molecular flexibility index (Phi) is 2.99. The Morgan fingerprint density at radius 1 is 1.29 bits per heavy atom. The Balaban J connectivity index is 2.86. The monoisotopic (exact) mass is 199 g/mol. The lowest BCUT2D eigenvalue weighted by Gasteiger charge is -2.36. The summed E-state index contributed by atoms with van der Waals surface area (Å²) in [6.45, 7) is 12.9. The molecule has 0 aromatic rings. The lowest BCUT2D eigenvalue weighted by molar-refractivity contribution is -0.905. The van der Waals surface area contributed by atoms with Crippen molar-refractivity contribution in [1.82, 2.24) is 4.90 Å². The van der Waals surface area contributed by atoms with Crippen LogP contribution >= 0.6 is 0 Å². The molecule has 1 aliphatic heterocycles. The van der Waals surface area contributed by atoms with Crippen LogP contribution in [0, 0.1) is 0 Å². The van der Waals surface area contributed by atoms with Gasteiger partial charge >= 0.3 is 0 Å². The fourth-order valence-electron chi connectivity index (χ4n) is 2.44. The minimum atomic E-state index is 0.347. The number of likely N-dealkylation sites (N-methyl/N-ethyl adjacent to an activating group) is 1. The van der Waals surface area contributed by atoms with E-state index in [1.54, 1.807) is 0 Å². The predicted octanol–water partition coefficient (Wildman–Crippen LogP) is 2.30. The summed E-state index contributed by atoms with van der Waals surface area (Å²) in [6.07, 6.45) is 1.23. The van der Waals surface area contributed by atoms with Gasteiger partial charge in [-0.3, -0.25) is 0 Å². The third kappa shape index (κ3) is 1.82. The molecule has 2 nitrogen and oxygen atoms in total. The Hall–Kier alpha value is -0.0800. The lowest BCUT2D eigenvalue weighted by Crippen LogP contribution is -2.47. The largest absolute Gasteiger partial charge is 0.312 e. The summed E-state index contributed by atoms with van der Waals surface area (Å²) < 4.78 is 1.13. The highest BCUT2D eigenvalue weighted by molar-refractivity contribution is 4.88. The maximum absolute atomic E-state index is 2.66. The second-order valence-corrected chi connectivity index (χ2v) is 6.04. The zero-order valence-corrected chi connectivity index (χ0v) is 11.0. The molecule has 0 bridgehead atoms. The molecule has 1 rings (SSSR count). The SMILES string of the molecule is CCC(C)(C)N1C[N+](C)(C)C(C)C1C. The van der Waals surface area contributed by atoms with Gasteiger partial charge in [0.25, 0.3) is 0 Å². The minimum Gasteiger partial charge on any atom is -0.312 e. The molecule has 2 atom stereocenters. The maximum Gasteiger partial charge on any atom is 0.135 e. The summed E-state index contributed by atoms with van der Waals surface area (Å²) in [5.74, 6) is 0. The molecule has 1 heterocycles. The summed E-state index contributed by atoms with van der Waals surface area (Å²) in [4.78, 5) is 2.66. The fourth-order valence-corrected chi connectivity index (χ4v) is 2.44. The van der Waals surface area contributed by atoms with Crippen LogP contribution in [0.15, 0.2) is 0 Å². The van der Waals surface area contributed by atoms with Crippen LogP contribution in [-0.4, -0.2) is 47.8 Å². The molecular formula is C12H27N2+. The van der Waals surface area contributed by atoms with Gasteiger partial charge in [0.1, 0.15) is 12.7 Å². The van der Waals surface area contributed by atoms with Crippen LogP contribution in [0.5, 0.6) is 0 Å². The third-order valence-corrected chi connectivity index (χ3v) is 4.45. The van der Waals surface area contributed by atoms with Gasteiger partial charge in [-0.1, -0.05) is 6.92 Å². The van der Waals surface area contributed by atoms with Crippen molar-refractivity contribution < 1.29 is 4.48 Å². The van der Waals surface area contributed by atoms with Gasteiger partial charge in [-0.15, -0.1) is 0 Å². The molecule has 1 saturated heterocycles. The van der Waals surface area contributed by atoms with Crippen molar-refractivity contribution in [1.29, 1.82) is 0 Å². The van der Waals surface area contributed by atoms with Gasteiger partial charge in [0.2, 0.25) is 0 Å². The fraction of sp³-hybridized carbons (Fsp3) is 1.00. The zero-order chi connectivity index (χ0) is 11.1. The van der Waals surface area contributed by atoms with Gasteiger partial charge in [-0.2, -0.15) is 0 Å². The first kappa shape index (κ1) is 12.0. The summed E-state index contributed by atoms with van der Waals surface area (Å²) >= 11 is 0. The highest BCUT2D eigenvalue weighted by Crippen LogP contribution is 2.32. The number of nitrogens with zero attached hydrogens (tertiary/aromatic N) is 2. The van der Waals surface area contributed by atoms with Crippen LogP contribution in [0.3, 0.4) is 0 Å². The topological polar surface area (TPSA) is 3.24 Å². The van der Waals surface area contributed by atoms with E-state index in [1.165, 1.54) is 13.1 Å². The van der Waals surface area contributed by atoms with Gasteiger partial charge in [-0.05, 0) is 34.1 Å². The number of hydrogen-bond donors (Lipinski definition) is 0. The highest BCUT2D eigenvalue weighted by atomic mass is 15.5. The van der Waals surface area contributed by atoms with E-state index in [9.17, 15) is 0 Å². The summed E-state index contributed by atoms with van der Waals surface area (Å²) in [5.41, 5.74) is 0.347. The zero-order valence-electron chi connectivity index (χ0n) is 11.0. The van der Waals surface area contributed by atoms with E-state index in [1.807, 2.05) is 0 Å². The van der Waals surface area contributed by atoms with Crippen molar-refractivity contribution in [3.63, 3.8) is 0 Å². The van der Waals surface area contributed by atoms with E-state index in [0.717, 1.165) is 10.5 Å². The maximum atomic E-state index is 2.66. The first-order valence-corrected chi connectivity index (χ1v) is 5.82. The second kappa shape index (κ2) is 3.49. The Morgan fingerprint density at radius 2 is 1.79 bits per heavy atom. The Morgan fingerprint density at radius 3 is 2.07 bits per heavy atom. The van der Waals surface area contributed by atoms with E-state index in [-0.39, 0.29) is 0 Å². The van der Waals surface area contributed by atoms with Crippen LogP contribution in [0.4, 0.5) is 0 Å². The number of hydrogen-bond acceptors (Lipinski definition) is 1. The molecule has 0 radical (unpaired) electrons. The van der Waals surface area contributed by atoms with Crippen LogP contribution in [0.1, 0.15) is 41.0 Å². The van der Waals surface area contributed by atoms with Gasteiger partial charge in [-0.25, -0.2) is 4.90 Å². The molecule has 1 aliphatic rings. The predicted molar refractivity (Wildman–Crippen MR) is 62.1 cm³/mol. The summed E-state index contributed by atoms with van der Waals surface area (Å²) in [5, 5.41) is 0. The molecule has 14 heavy (non-hydrogen) atoms. The molecule has 0 spiro atoms. The van der Waals surface area contributed by atoms with E-state index >= 15 is 0 Å². The molecule has 0 aromatic carbocycles. The molecule has 0 aromatic heterocycles. The molecule has 0 N–H and O–H groups in total. The second-order valence-electron chi connectivity index (χ2n) is 6.04. The van der Waals surface area contributed by atoms with Crippen LogP contribution in [0.2, 0.25) is 0 Å². The first-order chi connectivity index (χ1) is 6.22.